The van der Waals surface area contributed by atoms with E-state index in [2.05, 4.69) is 30.2 Å². The van der Waals surface area contributed by atoms with E-state index in [4.69, 9.17) is 0 Å². The van der Waals surface area contributed by atoms with Crippen molar-refractivity contribution < 1.29 is 13.2 Å². The van der Waals surface area contributed by atoms with Crippen molar-refractivity contribution in [2.75, 3.05) is 49.2 Å². The van der Waals surface area contributed by atoms with Gasteiger partial charge in [0.15, 0.2) is 15.5 Å². The van der Waals surface area contributed by atoms with Gasteiger partial charge in [-0.2, -0.15) is 0 Å². The van der Waals surface area contributed by atoms with E-state index in [0.717, 1.165) is 5.56 Å². The van der Waals surface area contributed by atoms with Crippen molar-refractivity contribution in [1.82, 2.24) is 29.2 Å². The van der Waals surface area contributed by atoms with Crippen molar-refractivity contribution in [3.05, 3.63) is 61.3 Å². The van der Waals surface area contributed by atoms with E-state index in [1.54, 1.807) is 61.3 Å². The highest BCUT2D eigenvalue weighted by Crippen LogP contribution is 2.29. The van der Waals surface area contributed by atoms with E-state index in [9.17, 15) is 13.2 Å². The second-order valence-corrected chi connectivity index (χ2v) is 10.2. The number of imidazole rings is 1. The summed E-state index contributed by atoms with van der Waals surface area (Å²) in [5, 5.41) is 3.24. The Hall–Kier alpha value is -4.06. The van der Waals surface area contributed by atoms with E-state index in [1.807, 2.05) is 9.30 Å². The molecular formula is C23H24N8O3S. The molecule has 0 saturated carbocycles. The molecule has 0 atom stereocenters. The van der Waals surface area contributed by atoms with Crippen LogP contribution >= 0.6 is 0 Å². The highest BCUT2D eigenvalue weighted by atomic mass is 32.2. The lowest BCUT2D eigenvalue weighted by molar-refractivity contribution is -0.129. The van der Waals surface area contributed by atoms with Gasteiger partial charge in [0.1, 0.15) is 11.5 Å². The minimum Gasteiger partial charge on any atom is -0.360 e. The third-order valence-electron chi connectivity index (χ3n) is 5.86. The first-order chi connectivity index (χ1) is 16.9. The molecule has 5 rings (SSSR count). The zero-order chi connectivity index (χ0) is 24.4. The highest BCUT2D eigenvalue weighted by molar-refractivity contribution is 7.90. The molecule has 4 aromatic rings. The maximum atomic E-state index is 13.0. The van der Waals surface area contributed by atoms with Gasteiger partial charge in [0, 0.05) is 62.8 Å². The number of hydrogen-bond acceptors (Lipinski definition) is 9. The van der Waals surface area contributed by atoms with E-state index in [-0.39, 0.29) is 17.3 Å². The summed E-state index contributed by atoms with van der Waals surface area (Å²) >= 11 is 0. The summed E-state index contributed by atoms with van der Waals surface area (Å²) in [6.07, 6.45) is 9.63. The number of piperazine rings is 1. The summed E-state index contributed by atoms with van der Waals surface area (Å²) in [5.41, 5.74) is 1.95. The molecule has 1 saturated heterocycles. The number of aromatic nitrogens is 5. The van der Waals surface area contributed by atoms with Gasteiger partial charge in [-0.25, -0.2) is 23.4 Å². The molecule has 1 amide bonds. The molecule has 1 aliphatic heterocycles. The summed E-state index contributed by atoms with van der Waals surface area (Å²) in [4.78, 5) is 34.4. The first-order valence-corrected chi connectivity index (χ1v) is 13.0. The normalized spacial score (nSPS) is 14.3. The number of hydrogen-bond donors (Lipinski definition) is 1. The average molecular weight is 493 g/mol. The van der Waals surface area contributed by atoms with E-state index >= 15 is 0 Å². The van der Waals surface area contributed by atoms with Gasteiger partial charge in [0.25, 0.3) is 0 Å². The predicted octanol–water partition coefficient (Wildman–Crippen LogP) is 1.35. The predicted molar refractivity (Wildman–Crippen MR) is 131 cm³/mol. The molecular weight excluding hydrogens is 468 g/mol. The summed E-state index contributed by atoms with van der Waals surface area (Å²) in [6.45, 7) is 2.57. The van der Waals surface area contributed by atoms with Crippen LogP contribution in [0.2, 0.25) is 0 Å². The summed E-state index contributed by atoms with van der Waals surface area (Å²) in [6, 6.07) is 8.31. The van der Waals surface area contributed by atoms with Gasteiger partial charge in [-0.3, -0.25) is 14.2 Å². The zero-order valence-electron chi connectivity index (χ0n) is 19.1. The molecule has 0 aliphatic carbocycles. The number of benzene rings is 1. The molecule has 0 bridgehead atoms. The van der Waals surface area contributed by atoms with Gasteiger partial charge in [-0.05, 0) is 18.2 Å². The number of carbonyl (C=O) groups is 1. The van der Waals surface area contributed by atoms with Gasteiger partial charge in [0.2, 0.25) is 11.9 Å². The standard InChI is InChI=1S/C23H24N8O3S/c1-35(33,34)18-5-3-17(4-6-18)21-22(31-10-9-24-15-19(31)28-21)27-16-20(32)29-11-13-30(14-12-29)23-25-7-2-8-26-23/h2-10,15,27H,11-14,16H2,1H3. The molecule has 12 heteroatoms. The Morgan fingerprint density at radius 3 is 2.43 bits per heavy atom. The number of carbonyl (C=O) groups excluding carboxylic acids is 1. The smallest absolute Gasteiger partial charge is 0.242 e. The van der Waals surface area contributed by atoms with Crippen molar-refractivity contribution in [2.24, 2.45) is 0 Å². The molecule has 1 fully saturated rings. The minimum atomic E-state index is -3.30. The van der Waals surface area contributed by atoms with E-state index < -0.39 is 9.84 Å². The third-order valence-corrected chi connectivity index (χ3v) is 6.99. The Kier molecular flexibility index (Phi) is 6.03. The Morgan fingerprint density at radius 2 is 1.74 bits per heavy atom. The van der Waals surface area contributed by atoms with Crippen molar-refractivity contribution in [3.63, 3.8) is 0 Å². The van der Waals surface area contributed by atoms with Crippen molar-refractivity contribution in [3.8, 4) is 11.3 Å². The van der Waals surface area contributed by atoms with Gasteiger partial charge < -0.3 is 15.1 Å². The number of fused-ring (bicyclic) bond motifs is 1. The first kappa shape index (κ1) is 22.7. The topological polar surface area (TPSA) is 126 Å². The van der Waals surface area contributed by atoms with Crippen LogP contribution in [0.1, 0.15) is 0 Å². The number of anilines is 2. The summed E-state index contributed by atoms with van der Waals surface area (Å²) < 4.78 is 25.5. The van der Waals surface area contributed by atoms with E-state index in [0.29, 0.717) is 49.3 Å². The average Bonchev–Trinajstić information content (AvgIpc) is 3.26. The molecule has 1 aliphatic rings. The minimum absolute atomic E-state index is 0.0268. The van der Waals surface area contributed by atoms with Crippen LogP contribution in [0.3, 0.4) is 0 Å². The molecule has 35 heavy (non-hydrogen) atoms. The van der Waals surface area contributed by atoms with Crippen LogP contribution in [0, 0.1) is 0 Å². The van der Waals surface area contributed by atoms with Gasteiger partial charge in [-0.1, -0.05) is 12.1 Å². The Morgan fingerprint density at radius 1 is 1.03 bits per heavy atom. The molecule has 11 nitrogen and oxygen atoms in total. The Bertz CT molecular complexity index is 1450. The SMILES string of the molecule is CS(=O)(=O)c1ccc(-c2nc3cnccn3c2NCC(=O)N2CCN(c3ncccn3)CC2)cc1. The fraction of sp³-hybridized carbons (Fsp3) is 0.261. The summed E-state index contributed by atoms with van der Waals surface area (Å²) in [5.74, 6) is 1.28. The van der Waals surface area contributed by atoms with Crippen molar-refractivity contribution in [1.29, 1.82) is 0 Å². The fourth-order valence-corrected chi connectivity index (χ4v) is 4.65. The maximum Gasteiger partial charge on any atom is 0.242 e. The van der Waals surface area contributed by atoms with Crippen LogP contribution in [-0.4, -0.2) is 82.5 Å². The monoisotopic (exact) mass is 492 g/mol. The molecule has 180 valence electrons. The fourth-order valence-electron chi connectivity index (χ4n) is 4.02. The molecule has 0 spiro atoms. The third kappa shape index (κ3) is 4.78. The Balaban J connectivity index is 1.32. The van der Waals surface area contributed by atoms with Crippen molar-refractivity contribution in [2.45, 2.75) is 4.90 Å². The van der Waals surface area contributed by atoms with Crippen LogP contribution in [-0.2, 0) is 14.6 Å². The molecule has 4 heterocycles. The number of rotatable bonds is 6. The van der Waals surface area contributed by atoms with Crippen LogP contribution < -0.4 is 10.2 Å². The number of sulfone groups is 1. The van der Waals surface area contributed by atoms with Crippen LogP contribution in [0.25, 0.3) is 16.9 Å². The van der Waals surface area contributed by atoms with Crippen molar-refractivity contribution >= 4 is 33.2 Å². The highest BCUT2D eigenvalue weighted by Gasteiger charge is 2.23. The molecule has 0 radical (unpaired) electrons. The molecule has 1 N–H and O–H groups in total. The second kappa shape index (κ2) is 9.29. The molecule has 1 aromatic carbocycles. The summed E-state index contributed by atoms with van der Waals surface area (Å²) in [7, 11) is -3.30. The van der Waals surface area contributed by atoms with Gasteiger partial charge >= 0.3 is 0 Å². The number of amides is 1. The van der Waals surface area contributed by atoms with Crippen LogP contribution in [0.4, 0.5) is 11.8 Å². The van der Waals surface area contributed by atoms with Crippen LogP contribution in [0.15, 0.2) is 66.2 Å². The van der Waals surface area contributed by atoms with Crippen LogP contribution in [0.5, 0.6) is 0 Å². The lowest BCUT2D eigenvalue weighted by Gasteiger charge is -2.34. The lowest BCUT2D eigenvalue weighted by atomic mass is 10.1. The van der Waals surface area contributed by atoms with Gasteiger partial charge in [-0.15, -0.1) is 0 Å². The zero-order valence-corrected chi connectivity index (χ0v) is 19.9. The number of nitrogens with one attached hydrogen (secondary N) is 1. The van der Waals surface area contributed by atoms with Gasteiger partial charge in [0.05, 0.1) is 17.6 Å². The Labute approximate surface area is 202 Å². The quantitative estimate of drug-likeness (QED) is 0.424. The second-order valence-electron chi connectivity index (χ2n) is 8.18. The molecule has 3 aromatic heterocycles. The lowest BCUT2D eigenvalue weighted by Crippen LogP contribution is -2.50. The van der Waals surface area contributed by atoms with E-state index in [1.165, 1.54) is 6.26 Å². The molecule has 0 unspecified atom stereocenters. The first-order valence-electron chi connectivity index (χ1n) is 11.1. The number of nitrogens with zero attached hydrogens (tertiary/aromatic N) is 7. The maximum absolute atomic E-state index is 13.0. The largest absolute Gasteiger partial charge is 0.360 e.